The second-order valence-electron chi connectivity index (χ2n) is 4.14. The molecule has 2 heteroatoms. The minimum atomic E-state index is -0.494. The Labute approximate surface area is 69.0 Å². The molecule has 1 saturated heterocycles. The molecule has 0 aliphatic carbocycles. The van der Waals surface area contributed by atoms with Crippen LogP contribution >= 0.6 is 0 Å². The molecule has 0 aromatic heterocycles. The highest BCUT2D eigenvalue weighted by atomic mass is 16.3. The first-order valence-corrected chi connectivity index (χ1v) is 4.50. The Bertz CT molecular complexity index is 132. The normalized spacial score (nSPS) is 39.5. The van der Waals surface area contributed by atoms with Crippen LogP contribution in [0.2, 0.25) is 0 Å². The van der Waals surface area contributed by atoms with Gasteiger partial charge in [-0.15, -0.1) is 0 Å². The fourth-order valence-electron chi connectivity index (χ4n) is 2.03. The first kappa shape index (κ1) is 9.01. The molecule has 2 unspecified atom stereocenters. The largest absolute Gasteiger partial charge is 0.389 e. The van der Waals surface area contributed by atoms with E-state index in [-0.39, 0.29) is 6.04 Å². The van der Waals surface area contributed by atoms with Crippen LogP contribution in [0.15, 0.2) is 0 Å². The third-order valence-corrected chi connectivity index (χ3v) is 2.56. The summed E-state index contributed by atoms with van der Waals surface area (Å²) in [5.74, 6) is 0.519. The van der Waals surface area contributed by atoms with E-state index >= 15 is 0 Å². The zero-order chi connectivity index (χ0) is 8.48. The number of piperidine rings is 1. The molecule has 66 valence electrons. The summed E-state index contributed by atoms with van der Waals surface area (Å²) in [4.78, 5) is 0. The third-order valence-electron chi connectivity index (χ3n) is 2.56. The van der Waals surface area contributed by atoms with Gasteiger partial charge >= 0.3 is 0 Å². The van der Waals surface area contributed by atoms with Gasteiger partial charge in [0.15, 0.2) is 0 Å². The Hall–Kier alpha value is -0.0800. The van der Waals surface area contributed by atoms with Gasteiger partial charge in [-0.1, -0.05) is 13.8 Å². The van der Waals surface area contributed by atoms with Crippen LogP contribution in [0.1, 0.15) is 33.6 Å². The first-order valence-electron chi connectivity index (χ1n) is 4.50. The molecule has 1 heterocycles. The van der Waals surface area contributed by atoms with Crippen molar-refractivity contribution in [2.45, 2.75) is 45.3 Å². The number of nitrogens with one attached hydrogen (secondary N) is 1. The van der Waals surface area contributed by atoms with Crippen LogP contribution in [0, 0.1) is 5.92 Å². The third kappa shape index (κ3) is 1.94. The fraction of sp³-hybridized carbons (Fsp3) is 1.00. The fourth-order valence-corrected chi connectivity index (χ4v) is 2.03. The molecular weight excluding hydrogens is 138 g/mol. The van der Waals surface area contributed by atoms with Crippen molar-refractivity contribution in [1.82, 2.24) is 5.32 Å². The Morgan fingerprint density at radius 2 is 2.18 bits per heavy atom. The van der Waals surface area contributed by atoms with Crippen molar-refractivity contribution >= 4 is 0 Å². The molecule has 11 heavy (non-hydrogen) atoms. The first-order chi connectivity index (χ1) is 5.04. The maximum atomic E-state index is 9.94. The van der Waals surface area contributed by atoms with Crippen molar-refractivity contribution < 1.29 is 5.11 Å². The lowest BCUT2D eigenvalue weighted by Crippen LogP contribution is -2.55. The van der Waals surface area contributed by atoms with E-state index in [9.17, 15) is 5.11 Å². The van der Waals surface area contributed by atoms with Crippen LogP contribution in [-0.4, -0.2) is 23.3 Å². The predicted octanol–water partition coefficient (Wildman–Crippen LogP) is 1.15. The van der Waals surface area contributed by atoms with E-state index in [2.05, 4.69) is 19.2 Å². The highest BCUT2D eigenvalue weighted by Crippen LogP contribution is 2.25. The second kappa shape index (κ2) is 3.11. The Morgan fingerprint density at radius 3 is 2.55 bits per heavy atom. The average Bonchev–Trinajstić information content (AvgIpc) is 1.85. The average molecular weight is 157 g/mol. The summed E-state index contributed by atoms with van der Waals surface area (Å²) in [6.07, 6.45) is 2.03. The summed E-state index contributed by atoms with van der Waals surface area (Å²) < 4.78 is 0. The molecule has 0 amide bonds. The maximum absolute atomic E-state index is 9.94. The summed E-state index contributed by atoms with van der Waals surface area (Å²) in [6.45, 7) is 7.29. The van der Waals surface area contributed by atoms with E-state index in [0.29, 0.717) is 5.92 Å². The molecule has 0 aromatic rings. The Morgan fingerprint density at radius 1 is 1.55 bits per heavy atom. The molecule has 0 saturated carbocycles. The lowest BCUT2D eigenvalue weighted by atomic mass is 9.82. The van der Waals surface area contributed by atoms with E-state index < -0.39 is 5.60 Å². The van der Waals surface area contributed by atoms with Gasteiger partial charge in [0.2, 0.25) is 0 Å². The minimum Gasteiger partial charge on any atom is -0.389 e. The SMILES string of the molecule is CC(C)C1NCCCC1(C)O. The molecule has 2 N–H and O–H groups in total. The number of hydrogen-bond donors (Lipinski definition) is 2. The van der Waals surface area contributed by atoms with E-state index in [1.54, 1.807) is 0 Å². The zero-order valence-electron chi connectivity index (χ0n) is 7.72. The summed E-state index contributed by atoms with van der Waals surface area (Å²) in [6, 6.07) is 0.274. The Kier molecular flexibility index (Phi) is 2.55. The van der Waals surface area contributed by atoms with E-state index in [1.807, 2.05) is 6.92 Å². The molecule has 0 spiro atoms. The van der Waals surface area contributed by atoms with E-state index in [4.69, 9.17) is 0 Å². The highest BCUT2D eigenvalue weighted by Gasteiger charge is 2.35. The maximum Gasteiger partial charge on any atom is 0.0775 e. The van der Waals surface area contributed by atoms with Crippen molar-refractivity contribution in [1.29, 1.82) is 0 Å². The molecule has 0 bridgehead atoms. The van der Waals surface area contributed by atoms with Gasteiger partial charge in [0.1, 0.15) is 0 Å². The molecule has 2 nitrogen and oxygen atoms in total. The standard InChI is InChI=1S/C9H19NO/c1-7(2)8-9(3,11)5-4-6-10-8/h7-8,10-11H,4-6H2,1-3H3. The van der Waals surface area contributed by atoms with Gasteiger partial charge in [-0.05, 0) is 32.2 Å². The summed E-state index contributed by atoms with van der Waals surface area (Å²) in [7, 11) is 0. The van der Waals surface area contributed by atoms with Gasteiger partial charge in [0.05, 0.1) is 5.60 Å². The number of aliphatic hydroxyl groups is 1. The van der Waals surface area contributed by atoms with Crippen LogP contribution in [0.5, 0.6) is 0 Å². The Balaban J connectivity index is 2.60. The van der Waals surface area contributed by atoms with Gasteiger partial charge in [0.25, 0.3) is 0 Å². The second-order valence-corrected chi connectivity index (χ2v) is 4.14. The zero-order valence-corrected chi connectivity index (χ0v) is 7.72. The van der Waals surface area contributed by atoms with Gasteiger partial charge in [0, 0.05) is 6.04 Å². The van der Waals surface area contributed by atoms with Crippen molar-refractivity contribution in [2.24, 2.45) is 5.92 Å². The monoisotopic (exact) mass is 157 g/mol. The molecule has 2 atom stereocenters. The van der Waals surface area contributed by atoms with Gasteiger partial charge in [-0.25, -0.2) is 0 Å². The molecular formula is C9H19NO. The quantitative estimate of drug-likeness (QED) is 0.598. The summed E-state index contributed by atoms with van der Waals surface area (Å²) in [5, 5.41) is 13.3. The topological polar surface area (TPSA) is 32.3 Å². The summed E-state index contributed by atoms with van der Waals surface area (Å²) in [5.41, 5.74) is -0.494. The molecule has 1 rings (SSSR count). The lowest BCUT2D eigenvalue weighted by molar-refractivity contribution is -0.0218. The van der Waals surface area contributed by atoms with Crippen molar-refractivity contribution in [3.63, 3.8) is 0 Å². The lowest BCUT2D eigenvalue weighted by Gasteiger charge is -2.40. The van der Waals surface area contributed by atoms with E-state index in [1.165, 1.54) is 0 Å². The molecule has 0 radical (unpaired) electrons. The van der Waals surface area contributed by atoms with Gasteiger partial charge < -0.3 is 10.4 Å². The summed E-state index contributed by atoms with van der Waals surface area (Å²) >= 11 is 0. The van der Waals surface area contributed by atoms with Gasteiger partial charge in [-0.2, -0.15) is 0 Å². The van der Waals surface area contributed by atoms with E-state index in [0.717, 1.165) is 19.4 Å². The smallest absolute Gasteiger partial charge is 0.0775 e. The molecule has 0 aromatic carbocycles. The number of hydrogen-bond acceptors (Lipinski definition) is 2. The molecule has 1 fully saturated rings. The predicted molar refractivity (Wildman–Crippen MR) is 46.5 cm³/mol. The van der Waals surface area contributed by atoms with Crippen molar-refractivity contribution in [3.05, 3.63) is 0 Å². The van der Waals surface area contributed by atoms with Crippen molar-refractivity contribution in [3.8, 4) is 0 Å². The van der Waals surface area contributed by atoms with Gasteiger partial charge in [-0.3, -0.25) is 0 Å². The highest BCUT2D eigenvalue weighted by molar-refractivity contribution is 4.93. The van der Waals surface area contributed by atoms with Crippen LogP contribution in [0.25, 0.3) is 0 Å². The van der Waals surface area contributed by atoms with Crippen LogP contribution in [0.4, 0.5) is 0 Å². The number of rotatable bonds is 1. The molecule has 1 aliphatic rings. The van der Waals surface area contributed by atoms with Crippen molar-refractivity contribution in [2.75, 3.05) is 6.54 Å². The minimum absolute atomic E-state index is 0.274. The van der Waals surface area contributed by atoms with Crippen LogP contribution in [-0.2, 0) is 0 Å². The van der Waals surface area contributed by atoms with Crippen LogP contribution < -0.4 is 5.32 Å². The molecule has 1 aliphatic heterocycles. The van der Waals surface area contributed by atoms with Crippen LogP contribution in [0.3, 0.4) is 0 Å².